The molecular formula is C16H23N5OS2. The summed E-state index contributed by atoms with van der Waals surface area (Å²) in [4.78, 5) is 23.6. The zero-order chi connectivity index (χ0) is 17.9. The third-order valence-electron chi connectivity index (χ3n) is 3.35. The molecule has 0 atom stereocenters. The molecule has 1 aromatic heterocycles. The zero-order valence-electron chi connectivity index (χ0n) is 14.6. The predicted octanol–water partition coefficient (Wildman–Crippen LogP) is 3.11. The monoisotopic (exact) mass is 365 g/mol. The van der Waals surface area contributed by atoms with Crippen LogP contribution in [-0.4, -0.2) is 48.9 Å². The van der Waals surface area contributed by atoms with Gasteiger partial charge in [-0.25, -0.2) is 14.8 Å². The summed E-state index contributed by atoms with van der Waals surface area (Å²) in [6, 6.07) is 1.80. The summed E-state index contributed by atoms with van der Waals surface area (Å²) in [6.07, 6.45) is 0. The Bertz CT molecular complexity index is 782. The van der Waals surface area contributed by atoms with Gasteiger partial charge in [0.25, 0.3) is 0 Å². The summed E-state index contributed by atoms with van der Waals surface area (Å²) < 4.78 is 1.10. The first-order valence-electron chi connectivity index (χ1n) is 7.62. The van der Waals surface area contributed by atoms with Gasteiger partial charge in [0.1, 0.15) is 5.84 Å². The van der Waals surface area contributed by atoms with E-state index >= 15 is 0 Å². The van der Waals surface area contributed by atoms with Crippen LogP contribution in [0, 0.1) is 13.8 Å². The Labute approximate surface area is 151 Å². The standard InChI is InChI=1S/C16H23N5OS2/c1-9-8-12-14(20-11(3)24-12)15(23)13(9)18-10(2)19-16(22)17-6-7-21(4)5/h8,23H,6-7H2,1-5H3,(H2,17,18,19,22). The van der Waals surface area contributed by atoms with E-state index in [0.29, 0.717) is 12.4 Å². The van der Waals surface area contributed by atoms with E-state index in [2.05, 4.69) is 39.3 Å². The lowest BCUT2D eigenvalue weighted by Gasteiger charge is -2.11. The number of carbonyl (C=O) groups is 1. The van der Waals surface area contributed by atoms with Crippen LogP contribution >= 0.6 is 24.0 Å². The van der Waals surface area contributed by atoms with Crippen LogP contribution in [0.4, 0.5) is 10.5 Å². The van der Waals surface area contributed by atoms with Gasteiger partial charge < -0.3 is 10.2 Å². The molecule has 1 aromatic carbocycles. The third-order valence-corrected chi connectivity index (χ3v) is 4.69. The second kappa shape index (κ2) is 7.96. The minimum Gasteiger partial charge on any atom is -0.337 e. The second-order valence-electron chi connectivity index (χ2n) is 5.85. The van der Waals surface area contributed by atoms with Gasteiger partial charge in [-0.1, -0.05) is 0 Å². The number of hydrogen-bond acceptors (Lipinski definition) is 6. The molecule has 2 rings (SSSR count). The highest BCUT2D eigenvalue weighted by Gasteiger charge is 2.12. The van der Waals surface area contributed by atoms with Crippen molar-refractivity contribution in [3.63, 3.8) is 0 Å². The van der Waals surface area contributed by atoms with Crippen LogP contribution in [0.15, 0.2) is 16.0 Å². The van der Waals surface area contributed by atoms with E-state index in [9.17, 15) is 4.79 Å². The van der Waals surface area contributed by atoms with Crippen molar-refractivity contribution >= 4 is 51.7 Å². The predicted molar refractivity (Wildman–Crippen MR) is 104 cm³/mol. The topological polar surface area (TPSA) is 69.6 Å². The Morgan fingerprint density at radius 3 is 2.79 bits per heavy atom. The number of benzene rings is 1. The highest BCUT2D eigenvalue weighted by atomic mass is 32.1. The van der Waals surface area contributed by atoms with E-state index in [0.717, 1.165) is 37.9 Å². The Balaban J connectivity index is 2.15. The molecule has 0 aliphatic carbocycles. The minimum atomic E-state index is -0.262. The quantitative estimate of drug-likeness (QED) is 0.443. The first-order valence-corrected chi connectivity index (χ1v) is 8.89. The third kappa shape index (κ3) is 4.68. The number of urea groups is 1. The number of amidine groups is 1. The lowest BCUT2D eigenvalue weighted by molar-refractivity contribution is 0.244. The number of aromatic nitrogens is 1. The van der Waals surface area contributed by atoms with Crippen LogP contribution in [0.25, 0.3) is 10.2 Å². The number of rotatable bonds is 4. The summed E-state index contributed by atoms with van der Waals surface area (Å²) in [5, 5.41) is 6.53. The molecule has 0 aliphatic rings. The van der Waals surface area contributed by atoms with Crippen LogP contribution < -0.4 is 10.6 Å². The molecule has 1 heterocycles. The lowest BCUT2D eigenvalue weighted by Crippen LogP contribution is -2.41. The molecule has 0 saturated heterocycles. The van der Waals surface area contributed by atoms with Crippen molar-refractivity contribution in [2.45, 2.75) is 25.7 Å². The molecule has 0 unspecified atom stereocenters. The lowest BCUT2D eigenvalue weighted by atomic mass is 10.2. The average Bonchev–Trinajstić information content (AvgIpc) is 2.83. The first kappa shape index (κ1) is 18.7. The summed E-state index contributed by atoms with van der Waals surface area (Å²) >= 11 is 6.23. The van der Waals surface area contributed by atoms with Crippen molar-refractivity contribution in [3.05, 3.63) is 16.6 Å². The minimum absolute atomic E-state index is 0.262. The molecule has 6 nitrogen and oxygen atoms in total. The smallest absolute Gasteiger partial charge is 0.320 e. The average molecular weight is 366 g/mol. The Hall–Kier alpha value is -1.64. The number of amides is 2. The van der Waals surface area contributed by atoms with Gasteiger partial charge in [0.15, 0.2) is 0 Å². The molecule has 2 N–H and O–H groups in total. The van der Waals surface area contributed by atoms with Crippen molar-refractivity contribution in [3.8, 4) is 0 Å². The van der Waals surface area contributed by atoms with Crippen LogP contribution in [0.5, 0.6) is 0 Å². The summed E-state index contributed by atoms with van der Waals surface area (Å²) in [6.45, 7) is 7.07. The van der Waals surface area contributed by atoms with Gasteiger partial charge >= 0.3 is 6.03 Å². The molecule has 24 heavy (non-hydrogen) atoms. The maximum Gasteiger partial charge on any atom is 0.320 e. The first-order chi connectivity index (χ1) is 11.3. The number of thiazole rings is 1. The normalized spacial score (nSPS) is 12.0. The highest BCUT2D eigenvalue weighted by molar-refractivity contribution is 7.80. The van der Waals surface area contributed by atoms with Crippen molar-refractivity contribution in [1.29, 1.82) is 0 Å². The Kier molecular flexibility index (Phi) is 6.20. The summed E-state index contributed by atoms with van der Waals surface area (Å²) in [5.41, 5.74) is 2.60. The van der Waals surface area contributed by atoms with E-state index in [1.165, 1.54) is 0 Å². The van der Waals surface area contributed by atoms with Crippen molar-refractivity contribution in [2.24, 2.45) is 4.99 Å². The molecule has 0 radical (unpaired) electrons. The Morgan fingerprint density at radius 1 is 1.42 bits per heavy atom. The molecule has 8 heteroatoms. The van der Waals surface area contributed by atoms with E-state index in [-0.39, 0.29) is 6.03 Å². The Morgan fingerprint density at radius 2 is 2.12 bits per heavy atom. The molecular weight excluding hydrogens is 342 g/mol. The van der Waals surface area contributed by atoms with Gasteiger partial charge in [-0.05, 0) is 46.5 Å². The molecule has 2 amide bonds. The molecule has 0 fully saturated rings. The number of aliphatic imine (C=N–C) groups is 1. The van der Waals surface area contributed by atoms with Gasteiger partial charge in [0.2, 0.25) is 0 Å². The molecule has 0 spiro atoms. The second-order valence-corrected chi connectivity index (χ2v) is 7.53. The fourth-order valence-corrected chi connectivity index (χ4v) is 3.62. The fraction of sp³-hybridized carbons (Fsp3) is 0.438. The maximum absolute atomic E-state index is 11.9. The number of hydrogen-bond donors (Lipinski definition) is 3. The van der Waals surface area contributed by atoms with Gasteiger partial charge in [0, 0.05) is 13.1 Å². The molecule has 0 saturated carbocycles. The number of nitrogens with one attached hydrogen (secondary N) is 2. The number of carbonyl (C=O) groups excluding carboxylic acids is 1. The van der Waals surface area contributed by atoms with Gasteiger partial charge in [-0.3, -0.25) is 5.32 Å². The fourth-order valence-electron chi connectivity index (χ4n) is 2.21. The van der Waals surface area contributed by atoms with Crippen LogP contribution in [0.1, 0.15) is 17.5 Å². The van der Waals surface area contributed by atoms with Crippen LogP contribution in [-0.2, 0) is 0 Å². The molecule has 130 valence electrons. The summed E-state index contributed by atoms with van der Waals surface area (Å²) in [5.74, 6) is 0.516. The molecule has 2 aromatic rings. The zero-order valence-corrected chi connectivity index (χ0v) is 16.3. The number of likely N-dealkylation sites (N-methyl/N-ethyl adjacent to an activating group) is 1. The van der Waals surface area contributed by atoms with Gasteiger partial charge in [-0.2, -0.15) is 0 Å². The maximum atomic E-state index is 11.9. The number of thiol groups is 1. The van der Waals surface area contributed by atoms with Gasteiger partial charge in [0.05, 0.1) is 25.8 Å². The van der Waals surface area contributed by atoms with E-state index in [1.54, 1.807) is 18.3 Å². The van der Waals surface area contributed by atoms with E-state index in [1.807, 2.05) is 32.8 Å². The number of aryl methyl sites for hydroxylation is 2. The SMILES string of the molecule is CC(=Nc1c(C)cc2sc(C)nc2c1S)NC(=O)NCCN(C)C. The molecule has 0 aliphatic heterocycles. The van der Waals surface area contributed by atoms with E-state index in [4.69, 9.17) is 0 Å². The molecule has 0 bridgehead atoms. The van der Waals surface area contributed by atoms with Crippen LogP contribution in [0.3, 0.4) is 0 Å². The number of nitrogens with zero attached hydrogens (tertiary/aromatic N) is 3. The largest absolute Gasteiger partial charge is 0.337 e. The van der Waals surface area contributed by atoms with Crippen molar-refractivity contribution in [2.75, 3.05) is 27.2 Å². The van der Waals surface area contributed by atoms with Crippen LogP contribution in [0.2, 0.25) is 0 Å². The van der Waals surface area contributed by atoms with Gasteiger partial charge in [-0.15, -0.1) is 24.0 Å². The summed E-state index contributed by atoms with van der Waals surface area (Å²) in [7, 11) is 3.92. The number of fused-ring (bicyclic) bond motifs is 1. The van der Waals surface area contributed by atoms with E-state index < -0.39 is 0 Å². The van der Waals surface area contributed by atoms with Crippen molar-refractivity contribution in [1.82, 2.24) is 20.5 Å². The van der Waals surface area contributed by atoms with Crippen molar-refractivity contribution < 1.29 is 4.79 Å². The highest BCUT2D eigenvalue weighted by Crippen LogP contribution is 2.36.